The van der Waals surface area contributed by atoms with Crippen molar-refractivity contribution in [2.75, 3.05) is 13.1 Å². The number of carbonyl (C=O) groups excluding carboxylic acids is 2. The van der Waals surface area contributed by atoms with Crippen LogP contribution in [-0.2, 0) is 16.0 Å². The molecule has 1 N–H and O–H groups in total. The van der Waals surface area contributed by atoms with Gasteiger partial charge in [0.15, 0.2) is 6.10 Å². The van der Waals surface area contributed by atoms with Gasteiger partial charge in [-0.15, -0.1) is 6.58 Å². The predicted molar refractivity (Wildman–Crippen MR) is 127 cm³/mol. The number of rotatable bonds is 7. The summed E-state index contributed by atoms with van der Waals surface area (Å²) in [7, 11) is 0. The molecule has 33 heavy (non-hydrogen) atoms. The van der Waals surface area contributed by atoms with Crippen molar-refractivity contribution in [3.8, 4) is 5.75 Å². The first-order valence-electron chi connectivity index (χ1n) is 11.4. The fourth-order valence-electron chi connectivity index (χ4n) is 4.09. The largest absolute Gasteiger partial charge is 0.481 e. The Morgan fingerprint density at radius 1 is 1.24 bits per heavy atom. The van der Waals surface area contributed by atoms with Crippen LogP contribution in [0.5, 0.6) is 5.75 Å². The van der Waals surface area contributed by atoms with Gasteiger partial charge in [-0.3, -0.25) is 9.59 Å². The third-order valence-electron chi connectivity index (χ3n) is 5.80. The first-order chi connectivity index (χ1) is 15.7. The average Bonchev–Trinajstić information content (AvgIpc) is 2.79. The summed E-state index contributed by atoms with van der Waals surface area (Å²) in [5.41, 5.74) is 2.33. The highest BCUT2D eigenvalue weighted by molar-refractivity contribution is 5.83. The predicted octanol–water partition coefficient (Wildman–Crippen LogP) is 4.81. The molecule has 0 radical (unpaired) electrons. The van der Waals surface area contributed by atoms with Crippen LogP contribution in [0, 0.1) is 11.2 Å². The zero-order chi connectivity index (χ0) is 24.2. The Morgan fingerprint density at radius 2 is 1.94 bits per heavy atom. The highest BCUT2D eigenvalue weighted by Gasteiger charge is 2.37. The smallest absolute Gasteiger partial charge is 0.261 e. The minimum atomic E-state index is -0.636. The summed E-state index contributed by atoms with van der Waals surface area (Å²) >= 11 is 0. The number of hydrogen-bond acceptors (Lipinski definition) is 3. The van der Waals surface area contributed by atoms with Gasteiger partial charge in [0.1, 0.15) is 11.6 Å². The number of ether oxygens (including phenoxy) is 1. The second-order valence-electron chi connectivity index (χ2n) is 9.36. The van der Waals surface area contributed by atoms with Crippen LogP contribution in [0.15, 0.2) is 55.1 Å². The number of hydrogen-bond donors (Lipinski definition) is 1. The molecule has 0 bridgehead atoms. The summed E-state index contributed by atoms with van der Waals surface area (Å²) in [6.07, 6.45) is 2.21. The lowest BCUT2D eigenvalue weighted by Crippen LogP contribution is -2.45. The van der Waals surface area contributed by atoms with Crippen molar-refractivity contribution in [1.29, 1.82) is 0 Å². The molecule has 1 aliphatic heterocycles. The Morgan fingerprint density at radius 3 is 2.55 bits per heavy atom. The van der Waals surface area contributed by atoms with Crippen molar-refractivity contribution in [2.45, 2.75) is 52.7 Å². The second kappa shape index (κ2) is 10.2. The van der Waals surface area contributed by atoms with E-state index in [2.05, 4.69) is 11.9 Å². The molecule has 2 atom stereocenters. The molecule has 1 heterocycles. The Labute approximate surface area is 195 Å². The Bertz CT molecular complexity index is 1010. The highest BCUT2D eigenvalue weighted by atomic mass is 19.1. The summed E-state index contributed by atoms with van der Waals surface area (Å²) in [4.78, 5) is 27.6. The van der Waals surface area contributed by atoms with E-state index in [1.54, 1.807) is 18.2 Å². The van der Waals surface area contributed by atoms with Crippen LogP contribution in [0.1, 0.15) is 56.8 Å². The van der Waals surface area contributed by atoms with Crippen LogP contribution in [0.4, 0.5) is 4.39 Å². The fourth-order valence-corrected chi connectivity index (χ4v) is 4.09. The van der Waals surface area contributed by atoms with Crippen LogP contribution in [0.25, 0.3) is 0 Å². The van der Waals surface area contributed by atoms with Gasteiger partial charge in [-0.25, -0.2) is 4.39 Å². The Kier molecular flexibility index (Phi) is 7.57. The molecule has 1 aliphatic rings. The number of carbonyl (C=O) groups is 2. The van der Waals surface area contributed by atoms with Gasteiger partial charge in [0.05, 0.1) is 6.04 Å². The average molecular weight is 453 g/mol. The maximum absolute atomic E-state index is 13.7. The minimum Gasteiger partial charge on any atom is -0.481 e. The van der Waals surface area contributed by atoms with Gasteiger partial charge in [-0.05, 0) is 53.8 Å². The van der Waals surface area contributed by atoms with Gasteiger partial charge in [0.25, 0.3) is 5.91 Å². The molecule has 2 aromatic carbocycles. The second-order valence-corrected chi connectivity index (χ2v) is 9.36. The fraction of sp³-hybridized carbons (Fsp3) is 0.407. The molecular weight excluding hydrogens is 419 g/mol. The van der Waals surface area contributed by atoms with Crippen LogP contribution in [0.3, 0.4) is 0 Å². The number of fused-ring (bicyclic) bond motifs is 1. The number of halogens is 1. The van der Waals surface area contributed by atoms with E-state index in [0.717, 1.165) is 16.7 Å². The van der Waals surface area contributed by atoms with E-state index in [1.807, 2.05) is 50.8 Å². The molecule has 6 heteroatoms. The SMILES string of the molecule is C=CCNC(=O)C(CC)Oc1ccc2c(c1)C(c1ccc(F)cc1)N(C(=O)C(C)(C)C)CC2. The maximum Gasteiger partial charge on any atom is 0.261 e. The summed E-state index contributed by atoms with van der Waals surface area (Å²) in [5, 5.41) is 2.77. The first kappa shape index (κ1) is 24.5. The van der Waals surface area contributed by atoms with Crippen LogP contribution in [0.2, 0.25) is 0 Å². The summed E-state index contributed by atoms with van der Waals surface area (Å²) in [6.45, 7) is 12.2. The van der Waals surface area contributed by atoms with Crippen molar-refractivity contribution >= 4 is 11.8 Å². The zero-order valence-corrected chi connectivity index (χ0v) is 19.9. The molecule has 176 valence electrons. The molecule has 2 amide bonds. The van der Waals surface area contributed by atoms with Gasteiger partial charge in [0.2, 0.25) is 5.91 Å². The number of amides is 2. The van der Waals surface area contributed by atoms with Crippen LogP contribution in [-0.4, -0.2) is 35.9 Å². The molecule has 0 aromatic heterocycles. The standard InChI is InChI=1S/C27H33FN2O3/c1-6-15-29-25(31)23(7-2)33-21-13-10-18-14-16-30(26(32)27(3,4)5)24(22(18)17-21)19-8-11-20(28)12-9-19/h6,8-13,17,23-24H,1,7,14-16H2,2-5H3,(H,29,31). The Hall–Kier alpha value is -3.15. The van der Waals surface area contributed by atoms with E-state index in [-0.39, 0.29) is 23.7 Å². The van der Waals surface area contributed by atoms with Gasteiger partial charge in [0, 0.05) is 18.5 Å². The summed E-state index contributed by atoms with van der Waals surface area (Å²) < 4.78 is 19.7. The van der Waals surface area contributed by atoms with Crippen molar-refractivity contribution in [3.63, 3.8) is 0 Å². The van der Waals surface area contributed by atoms with Crippen molar-refractivity contribution in [3.05, 3.63) is 77.6 Å². The number of benzene rings is 2. The van der Waals surface area contributed by atoms with E-state index < -0.39 is 11.5 Å². The van der Waals surface area contributed by atoms with Crippen LogP contribution < -0.4 is 10.1 Å². The molecule has 0 spiro atoms. The van der Waals surface area contributed by atoms with E-state index in [4.69, 9.17) is 4.74 Å². The first-order valence-corrected chi connectivity index (χ1v) is 11.4. The normalized spacial score (nSPS) is 16.5. The molecule has 0 saturated heterocycles. The van der Waals surface area contributed by atoms with Crippen molar-refractivity contribution in [1.82, 2.24) is 10.2 Å². The lowest BCUT2D eigenvalue weighted by atomic mass is 9.85. The molecule has 0 aliphatic carbocycles. The summed E-state index contributed by atoms with van der Waals surface area (Å²) in [5.74, 6) is 0.0715. The topological polar surface area (TPSA) is 58.6 Å². The molecule has 3 rings (SSSR count). The molecule has 0 fully saturated rings. The highest BCUT2D eigenvalue weighted by Crippen LogP contribution is 2.39. The van der Waals surface area contributed by atoms with Gasteiger partial charge in [-0.2, -0.15) is 0 Å². The third-order valence-corrected chi connectivity index (χ3v) is 5.80. The molecule has 0 saturated carbocycles. The van der Waals surface area contributed by atoms with Crippen molar-refractivity contribution in [2.24, 2.45) is 5.41 Å². The molecule has 2 aromatic rings. The lowest BCUT2D eigenvalue weighted by Gasteiger charge is -2.41. The number of nitrogens with one attached hydrogen (secondary N) is 1. The third kappa shape index (κ3) is 5.62. The van der Waals surface area contributed by atoms with E-state index in [1.165, 1.54) is 12.1 Å². The lowest BCUT2D eigenvalue weighted by molar-refractivity contribution is -0.141. The number of nitrogens with zero attached hydrogens (tertiary/aromatic N) is 1. The van der Waals surface area contributed by atoms with E-state index >= 15 is 0 Å². The summed E-state index contributed by atoms with van der Waals surface area (Å²) in [6, 6.07) is 11.7. The molecular formula is C27H33FN2O3. The van der Waals surface area contributed by atoms with Crippen molar-refractivity contribution < 1.29 is 18.7 Å². The Balaban J connectivity index is 2.00. The van der Waals surface area contributed by atoms with E-state index in [0.29, 0.717) is 31.7 Å². The van der Waals surface area contributed by atoms with Gasteiger partial charge < -0.3 is 15.0 Å². The van der Waals surface area contributed by atoms with Gasteiger partial charge >= 0.3 is 0 Å². The monoisotopic (exact) mass is 452 g/mol. The molecule has 5 nitrogen and oxygen atoms in total. The maximum atomic E-state index is 13.7. The van der Waals surface area contributed by atoms with Gasteiger partial charge in [-0.1, -0.05) is 52.0 Å². The molecule has 2 unspecified atom stereocenters. The quantitative estimate of drug-likeness (QED) is 0.614. The zero-order valence-electron chi connectivity index (χ0n) is 19.9. The van der Waals surface area contributed by atoms with E-state index in [9.17, 15) is 14.0 Å². The van der Waals surface area contributed by atoms with Crippen LogP contribution >= 0.6 is 0 Å². The minimum absolute atomic E-state index is 0.0315.